The summed E-state index contributed by atoms with van der Waals surface area (Å²) >= 11 is 0. The Morgan fingerprint density at radius 2 is 1.74 bits per heavy atom. The van der Waals surface area contributed by atoms with Crippen molar-refractivity contribution in [3.05, 3.63) is 59.4 Å². The van der Waals surface area contributed by atoms with Gasteiger partial charge in [0.15, 0.2) is 0 Å². The first-order valence-corrected chi connectivity index (χ1v) is 13.0. The number of hydrogen-bond acceptors (Lipinski definition) is 3. The standard InChI is InChI=1S/C29H32F3N3O3/c1-28(2,3)38-27(37)35-29(9-4-10-29)26(36)33-15-16-11-18(12-16)23-21-13-20(31)14-22(32)25(21)34-24(23)17-5-7-19(30)8-6-17/h5-8,13-14,16,18,34H,4,9-12,15H2,1-3H3,(H,33,36)(H,35,37)/t16-,18-. The maximum atomic E-state index is 14.6. The third kappa shape index (κ3) is 5.11. The van der Waals surface area contributed by atoms with E-state index >= 15 is 0 Å². The van der Waals surface area contributed by atoms with Gasteiger partial charge >= 0.3 is 6.09 Å². The summed E-state index contributed by atoms with van der Waals surface area (Å²) in [5.41, 5.74) is 0.745. The molecule has 9 heteroatoms. The normalized spacial score (nSPS) is 20.4. The molecule has 0 saturated heterocycles. The fraction of sp³-hybridized carbons (Fsp3) is 0.448. The maximum absolute atomic E-state index is 14.6. The van der Waals surface area contributed by atoms with E-state index in [9.17, 15) is 22.8 Å². The zero-order chi connectivity index (χ0) is 27.2. The Balaban J connectivity index is 1.28. The molecular weight excluding hydrogens is 495 g/mol. The Hall–Kier alpha value is -3.49. The van der Waals surface area contributed by atoms with Gasteiger partial charge in [0.2, 0.25) is 5.91 Å². The van der Waals surface area contributed by atoms with Crippen molar-refractivity contribution in [1.29, 1.82) is 0 Å². The summed E-state index contributed by atoms with van der Waals surface area (Å²) in [5.74, 6) is -1.75. The predicted octanol–water partition coefficient (Wildman–Crippen LogP) is 6.31. The number of carbonyl (C=O) groups excluding carboxylic acids is 2. The first-order chi connectivity index (χ1) is 17.9. The van der Waals surface area contributed by atoms with Crippen molar-refractivity contribution in [2.24, 2.45) is 5.92 Å². The van der Waals surface area contributed by atoms with Gasteiger partial charge in [-0.1, -0.05) is 0 Å². The minimum atomic E-state index is -0.951. The van der Waals surface area contributed by atoms with Crippen LogP contribution in [0.4, 0.5) is 18.0 Å². The van der Waals surface area contributed by atoms with Crippen molar-refractivity contribution >= 4 is 22.9 Å². The van der Waals surface area contributed by atoms with E-state index in [1.807, 2.05) is 0 Å². The molecule has 2 fully saturated rings. The number of nitrogens with one attached hydrogen (secondary N) is 3. The average Bonchev–Trinajstić information content (AvgIpc) is 3.13. The van der Waals surface area contributed by atoms with E-state index in [1.165, 1.54) is 18.2 Å². The molecule has 0 spiro atoms. The van der Waals surface area contributed by atoms with E-state index < -0.39 is 28.9 Å². The van der Waals surface area contributed by atoms with Crippen molar-refractivity contribution in [3.8, 4) is 11.3 Å². The number of aromatic amines is 1. The molecular formula is C29H32F3N3O3. The Bertz CT molecular complexity index is 1370. The molecule has 0 radical (unpaired) electrons. The second-order valence-electron chi connectivity index (χ2n) is 11.5. The number of alkyl carbamates (subject to hydrolysis) is 1. The van der Waals surface area contributed by atoms with Gasteiger partial charge in [0, 0.05) is 18.0 Å². The van der Waals surface area contributed by atoms with Crippen molar-refractivity contribution in [2.75, 3.05) is 6.54 Å². The first-order valence-electron chi connectivity index (χ1n) is 13.0. The number of carbonyl (C=O) groups is 2. The maximum Gasteiger partial charge on any atom is 0.408 e. The van der Waals surface area contributed by atoms with Crippen LogP contribution in [0, 0.1) is 23.4 Å². The molecule has 5 rings (SSSR count). The molecule has 0 atom stereocenters. The van der Waals surface area contributed by atoms with Crippen LogP contribution in [0.2, 0.25) is 0 Å². The molecule has 3 aromatic rings. The smallest absolute Gasteiger partial charge is 0.408 e. The summed E-state index contributed by atoms with van der Waals surface area (Å²) in [6, 6.07) is 8.07. The quantitative estimate of drug-likeness (QED) is 0.351. The van der Waals surface area contributed by atoms with Gasteiger partial charge < -0.3 is 20.4 Å². The molecule has 3 N–H and O–H groups in total. The van der Waals surface area contributed by atoms with Crippen molar-refractivity contribution < 1.29 is 27.5 Å². The van der Waals surface area contributed by atoms with Crippen LogP contribution in [0.25, 0.3) is 22.2 Å². The van der Waals surface area contributed by atoms with Crippen LogP contribution in [0.3, 0.4) is 0 Å². The molecule has 0 aliphatic heterocycles. The lowest BCUT2D eigenvalue weighted by Gasteiger charge is -2.42. The van der Waals surface area contributed by atoms with Crippen molar-refractivity contribution in [1.82, 2.24) is 15.6 Å². The topological polar surface area (TPSA) is 83.2 Å². The number of benzene rings is 2. The fourth-order valence-electron chi connectivity index (χ4n) is 5.49. The molecule has 38 heavy (non-hydrogen) atoms. The third-order valence-corrected chi connectivity index (χ3v) is 7.57. The molecule has 1 aromatic heterocycles. The molecule has 6 nitrogen and oxygen atoms in total. The summed E-state index contributed by atoms with van der Waals surface area (Å²) in [6.07, 6.45) is 2.77. The van der Waals surface area contributed by atoms with Gasteiger partial charge in [-0.05, 0) is 106 Å². The van der Waals surface area contributed by atoms with Gasteiger partial charge in [0.05, 0.1) is 11.2 Å². The number of hydrogen-bond donors (Lipinski definition) is 3. The van der Waals surface area contributed by atoms with E-state index in [0.717, 1.165) is 18.1 Å². The predicted molar refractivity (Wildman–Crippen MR) is 138 cm³/mol. The monoisotopic (exact) mass is 527 g/mol. The van der Waals surface area contributed by atoms with E-state index in [4.69, 9.17) is 4.74 Å². The van der Waals surface area contributed by atoms with Gasteiger partial charge in [-0.25, -0.2) is 18.0 Å². The number of halogens is 3. The SMILES string of the molecule is CC(C)(C)OC(=O)NC1(C(=O)NC[C@H]2C[C@H](c3c(-c4ccc(F)cc4)[nH]c4c(F)cc(F)cc43)C2)CCC1. The van der Waals surface area contributed by atoms with Crippen molar-refractivity contribution in [2.45, 2.75) is 69.9 Å². The van der Waals surface area contributed by atoms with Crippen LogP contribution in [-0.4, -0.2) is 34.7 Å². The largest absolute Gasteiger partial charge is 0.444 e. The molecule has 2 aliphatic rings. The lowest BCUT2D eigenvalue weighted by molar-refractivity contribution is -0.131. The molecule has 2 aliphatic carbocycles. The summed E-state index contributed by atoms with van der Waals surface area (Å²) in [4.78, 5) is 28.4. The Morgan fingerprint density at radius 3 is 2.34 bits per heavy atom. The summed E-state index contributed by atoms with van der Waals surface area (Å²) < 4.78 is 47.6. The zero-order valence-electron chi connectivity index (χ0n) is 21.7. The van der Waals surface area contributed by atoms with Gasteiger partial charge in [0.25, 0.3) is 0 Å². The van der Waals surface area contributed by atoms with E-state index in [-0.39, 0.29) is 29.1 Å². The minimum absolute atomic E-state index is 0.0180. The van der Waals surface area contributed by atoms with Crippen LogP contribution in [0.15, 0.2) is 36.4 Å². The lowest BCUT2D eigenvalue weighted by Crippen LogP contribution is -2.63. The highest BCUT2D eigenvalue weighted by Crippen LogP contribution is 2.48. The van der Waals surface area contributed by atoms with Gasteiger partial charge in [-0.3, -0.25) is 4.79 Å². The summed E-state index contributed by atoms with van der Waals surface area (Å²) in [5, 5.41) is 6.23. The summed E-state index contributed by atoms with van der Waals surface area (Å²) in [7, 11) is 0. The fourth-order valence-corrected chi connectivity index (χ4v) is 5.49. The highest BCUT2D eigenvalue weighted by molar-refractivity contribution is 5.92. The molecule has 2 amide bonds. The molecule has 0 bridgehead atoms. The van der Waals surface area contributed by atoms with Crippen LogP contribution >= 0.6 is 0 Å². The molecule has 0 unspecified atom stereocenters. The number of H-pyrrole nitrogens is 1. The number of aromatic nitrogens is 1. The summed E-state index contributed by atoms with van der Waals surface area (Å²) in [6.45, 7) is 5.74. The first kappa shape index (κ1) is 26.1. The highest BCUT2D eigenvalue weighted by Gasteiger charge is 2.46. The number of ether oxygens (including phenoxy) is 1. The number of amides is 2. The van der Waals surface area contributed by atoms with Crippen LogP contribution in [-0.2, 0) is 9.53 Å². The van der Waals surface area contributed by atoms with Gasteiger partial charge in [-0.2, -0.15) is 0 Å². The number of rotatable bonds is 6. The second-order valence-corrected chi connectivity index (χ2v) is 11.5. The Labute approximate surface area is 219 Å². The van der Waals surface area contributed by atoms with Crippen molar-refractivity contribution in [3.63, 3.8) is 0 Å². The van der Waals surface area contributed by atoms with Crippen LogP contribution in [0.5, 0.6) is 0 Å². The minimum Gasteiger partial charge on any atom is -0.444 e. The highest BCUT2D eigenvalue weighted by atomic mass is 19.1. The lowest BCUT2D eigenvalue weighted by atomic mass is 9.70. The van der Waals surface area contributed by atoms with E-state index in [1.54, 1.807) is 32.9 Å². The third-order valence-electron chi connectivity index (χ3n) is 7.57. The van der Waals surface area contributed by atoms with E-state index in [0.29, 0.717) is 48.9 Å². The zero-order valence-corrected chi connectivity index (χ0v) is 21.7. The van der Waals surface area contributed by atoms with Crippen LogP contribution < -0.4 is 10.6 Å². The average molecular weight is 528 g/mol. The van der Waals surface area contributed by atoms with Gasteiger partial charge in [-0.15, -0.1) is 0 Å². The molecule has 202 valence electrons. The Kier molecular flexibility index (Phi) is 6.65. The van der Waals surface area contributed by atoms with E-state index in [2.05, 4.69) is 15.6 Å². The van der Waals surface area contributed by atoms with Crippen LogP contribution in [0.1, 0.15) is 64.4 Å². The molecule has 1 heterocycles. The Morgan fingerprint density at radius 1 is 1.05 bits per heavy atom. The molecule has 2 saturated carbocycles. The van der Waals surface area contributed by atoms with Gasteiger partial charge in [0.1, 0.15) is 28.6 Å². The molecule has 2 aromatic carbocycles. The number of fused-ring (bicyclic) bond motifs is 1. The second kappa shape index (κ2) is 9.67.